The minimum absolute atomic E-state index is 0.121. The smallest absolute Gasteiger partial charge is 0.273 e. The number of rotatable bonds is 7. The lowest BCUT2D eigenvalue weighted by molar-refractivity contribution is -0.385. The van der Waals surface area contributed by atoms with Crippen LogP contribution >= 0.6 is 0 Å². The van der Waals surface area contributed by atoms with Crippen molar-refractivity contribution in [3.8, 4) is 11.5 Å². The van der Waals surface area contributed by atoms with E-state index >= 15 is 0 Å². The monoisotopic (exact) mass is 268 g/mol. The van der Waals surface area contributed by atoms with Crippen LogP contribution in [0.15, 0.2) is 18.2 Å². The minimum Gasteiger partial charge on any atom is -0.493 e. The van der Waals surface area contributed by atoms with Crippen molar-refractivity contribution < 1.29 is 19.2 Å². The van der Waals surface area contributed by atoms with Gasteiger partial charge in [0.25, 0.3) is 11.6 Å². The molecule has 104 valence electrons. The summed E-state index contributed by atoms with van der Waals surface area (Å²) in [6.45, 7) is 2.29. The first-order valence-electron chi connectivity index (χ1n) is 5.80. The maximum absolute atomic E-state index is 11.4. The average molecular weight is 268 g/mol. The highest BCUT2D eigenvalue weighted by Gasteiger charge is 2.13. The summed E-state index contributed by atoms with van der Waals surface area (Å²) in [6, 6.07) is 3.96. The lowest BCUT2D eigenvalue weighted by Crippen LogP contribution is -2.29. The van der Waals surface area contributed by atoms with Gasteiger partial charge in [-0.1, -0.05) is 6.92 Å². The summed E-state index contributed by atoms with van der Waals surface area (Å²) in [6.07, 6.45) is 0.825. The van der Waals surface area contributed by atoms with Crippen molar-refractivity contribution in [2.75, 3.05) is 20.3 Å². The SMILES string of the molecule is CCCNC(=O)COc1cc([N+](=O)[O-])ccc1OC. The van der Waals surface area contributed by atoms with Gasteiger partial charge in [-0.25, -0.2) is 0 Å². The Kier molecular flexibility index (Phi) is 5.59. The molecule has 0 bridgehead atoms. The number of nitrogens with one attached hydrogen (secondary N) is 1. The highest BCUT2D eigenvalue weighted by molar-refractivity contribution is 5.77. The fraction of sp³-hybridized carbons (Fsp3) is 0.417. The molecule has 0 saturated carbocycles. The van der Waals surface area contributed by atoms with E-state index in [-0.39, 0.29) is 24.0 Å². The predicted molar refractivity (Wildman–Crippen MR) is 68.4 cm³/mol. The topological polar surface area (TPSA) is 90.7 Å². The van der Waals surface area contributed by atoms with Gasteiger partial charge in [-0.15, -0.1) is 0 Å². The molecule has 1 aromatic rings. The third-order valence-electron chi connectivity index (χ3n) is 2.29. The Hall–Kier alpha value is -2.31. The second-order valence-electron chi connectivity index (χ2n) is 3.73. The first kappa shape index (κ1) is 14.7. The Bertz CT molecular complexity index is 461. The number of hydrogen-bond acceptors (Lipinski definition) is 5. The fourth-order valence-corrected chi connectivity index (χ4v) is 1.35. The van der Waals surface area contributed by atoms with E-state index in [1.54, 1.807) is 0 Å². The number of carbonyl (C=O) groups is 1. The molecular formula is C12H16N2O5. The number of nitrogens with zero attached hydrogens (tertiary/aromatic N) is 1. The number of benzene rings is 1. The van der Waals surface area contributed by atoms with E-state index < -0.39 is 4.92 Å². The first-order chi connectivity index (χ1) is 9.08. The second-order valence-corrected chi connectivity index (χ2v) is 3.73. The lowest BCUT2D eigenvalue weighted by atomic mass is 10.3. The van der Waals surface area contributed by atoms with Crippen LogP contribution in [0.1, 0.15) is 13.3 Å². The Morgan fingerprint density at radius 1 is 1.42 bits per heavy atom. The molecule has 0 radical (unpaired) electrons. The lowest BCUT2D eigenvalue weighted by Gasteiger charge is -2.10. The minimum atomic E-state index is -0.538. The van der Waals surface area contributed by atoms with E-state index in [1.165, 1.54) is 25.3 Å². The molecule has 0 spiro atoms. The van der Waals surface area contributed by atoms with Gasteiger partial charge in [0.05, 0.1) is 18.1 Å². The Balaban J connectivity index is 2.72. The molecule has 0 aromatic heterocycles. The first-order valence-corrected chi connectivity index (χ1v) is 5.80. The molecule has 1 rings (SSSR count). The molecule has 0 saturated heterocycles. The molecule has 1 amide bonds. The van der Waals surface area contributed by atoms with E-state index in [2.05, 4.69) is 5.32 Å². The number of amides is 1. The van der Waals surface area contributed by atoms with Crippen molar-refractivity contribution in [2.45, 2.75) is 13.3 Å². The van der Waals surface area contributed by atoms with Crippen molar-refractivity contribution in [2.24, 2.45) is 0 Å². The molecule has 0 aliphatic carbocycles. The molecule has 0 fully saturated rings. The molecule has 0 heterocycles. The third kappa shape index (κ3) is 4.46. The molecule has 0 aliphatic rings. The van der Waals surface area contributed by atoms with E-state index in [9.17, 15) is 14.9 Å². The highest BCUT2D eigenvalue weighted by Crippen LogP contribution is 2.30. The fourth-order valence-electron chi connectivity index (χ4n) is 1.35. The average Bonchev–Trinajstić information content (AvgIpc) is 2.42. The number of non-ortho nitro benzene ring substituents is 1. The number of methoxy groups -OCH3 is 1. The molecule has 0 atom stereocenters. The van der Waals surface area contributed by atoms with Gasteiger partial charge in [-0.2, -0.15) is 0 Å². The number of carbonyl (C=O) groups excluding carboxylic acids is 1. The molecule has 0 aliphatic heterocycles. The van der Waals surface area contributed by atoms with Crippen molar-refractivity contribution in [1.29, 1.82) is 0 Å². The van der Waals surface area contributed by atoms with Crippen LogP contribution in [0.25, 0.3) is 0 Å². The van der Waals surface area contributed by atoms with E-state index in [1.807, 2.05) is 6.92 Å². The van der Waals surface area contributed by atoms with Crippen molar-refractivity contribution in [3.63, 3.8) is 0 Å². The van der Waals surface area contributed by atoms with Crippen LogP contribution in [-0.4, -0.2) is 31.1 Å². The summed E-state index contributed by atoms with van der Waals surface area (Å²) >= 11 is 0. The summed E-state index contributed by atoms with van der Waals surface area (Å²) < 4.78 is 10.3. The summed E-state index contributed by atoms with van der Waals surface area (Å²) in [5.41, 5.74) is -0.121. The number of ether oxygens (including phenoxy) is 2. The zero-order valence-corrected chi connectivity index (χ0v) is 10.8. The zero-order valence-electron chi connectivity index (χ0n) is 10.8. The zero-order chi connectivity index (χ0) is 14.3. The van der Waals surface area contributed by atoms with Gasteiger partial charge in [0.15, 0.2) is 18.1 Å². The van der Waals surface area contributed by atoms with Crippen molar-refractivity contribution >= 4 is 11.6 Å². The standard InChI is InChI=1S/C12H16N2O5/c1-3-6-13-12(15)8-19-11-7-9(14(16)17)4-5-10(11)18-2/h4-5,7H,3,6,8H2,1-2H3,(H,13,15). The van der Waals surface area contributed by atoms with Crippen LogP contribution in [0.5, 0.6) is 11.5 Å². The van der Waals surface area contributed by atoms with Gasteiger partial charge in [0.2, 0.25) is 0 Å². The van der Waals surface area contributed by atoms with Gasteiger partial charge >= 0.3 is 0 Å². The Morgan fingerprint density at radius 3 is 2.74 bits per heavy atom. The molecule has 1 aromatic carbocycles. The van der Waals surface area contributed by atoms with Gasteiger partial charge < -0.3 is 14.8 Å². The number of hydrogen-bond donors (Lipinski definition) is 1. The van der Waals surface area contributed by atoms with Gasteiger partial charge in [0.1, 0.15) is 0 Å². The van der Waals surface area contributed by atoms with Crippen LogP contribution in [0, 0.1) is 10.1 Å². The molecule has 1 N–H and O–H groups in total. The van der Waals surface area contributed by atoms with Gasteiger partial charge in [0, 0.05) is 12.6 Å². The molecule has 7 heteroatoms. The van der Waals surface area contributed by atoms with Crippen LogP contribution in [0.4, 0.5) is 5.69 Å². The Morgan fingerprint density at radius 2 is 2.16 bits per heavy atom. The van der Waals surface area contributed by atoms with Gasteiger partial charge in [-0.3, -0.25) is 14.9 Å². The van der Waals surface area contributed by atoms with Crippen molar-refractivity contribution in [1.82, 2.24) is 5.32 Å². The quantitative estimate of drug-likeness (QED) is 0.598. The second kappa shape index (κ2) is 7.20. The summed E-state index contributed by atoms with van der Waals surface area (Å²) in [7, 11) is 1.42. The highest BCUT2D eigenvalue weighted by atomic mass is 16.6. The summed E-state index contributed by atoms with van der Waals surface area (Å²) in [5, 5.41) is 13.3. The van der Waals surface area contributed by atoms with Crippen LogP contribution in [-0.2, 0) is 4.79 Å². The molecule has 7 nitrogen and oxygen atoms in total. The van der Waals surface area contributed by atoms with Crippen molar-refractivity contribution in [3.05, 3.63) is 28.3 Å². The summed E-state index contributed by atoms with van der Waals surface area (Å²) in [4.78, 5) is 21.5. The Labute approximate surface area is 110 Å². The third-order valence-corrected chi connectivity index (χ3v) is 2.29. The van der Waals surface area contributed by atoms with Crippen LogP contribution < -0.4 is 14.8 Å². The van der Waals surface area contributed by atoms with Crippen LogP contribution in [0.2, 0.25) is 0 Å². The maximum atomic E-state index is 11.4. The molecule has 19 heavy (non-hydrogen) atoms. The molecule has 0 unspecified atom stereocenters. The predicted octanol–water partition coefficient (Wildman–Crippen LogP) is 1.51. The summed E-state index contributed by atoms with van der Waals surface area (Å²) in [5.74, 6) is 0.229. The van der Waals surface area contributed by atoms with E-state index in [4.69, 9.17) is 9.47 Å². The largest absolute Gasteiger partial charge is 0.493 e. The van der Waals surface area contributed by atoms with E-state index in [0.29, 0.717) is 12.3 Å². The number of nitro benzene ring substituents is 1. The van der Waals surface area contributed by atoms with Crippen LogP contribution in [0.3, 0.4) is 0 Å². The number of nitro groups is 1. The van der Waals surface area contributed by atoms with E-state index in [0.717, 1.165) is 6.42 Å². The normalized spacial score (nSPS) is 9.79. The maximum Gasteiger partial charge on any atom is 0.273 e. The molecular weight excluding hydrogens is 252 g/mol. The van der Waals surface area contributed by atoms with Gasteiger partial charge in [-0.05, 0) is 12.5 Å².